The molecule has 0 radical (unpaired) electrons. The van der Waals surface area contributed by atoms with Crippen molar-refractivity contribution in [1.29, 1.82) is 0 Å². The molecule has 2 aliphatic rings. The summed E-state index contributed by atoms with van der Waals surface area (Å²) in [5.41, 5.74) is 3.17. The predicted molar refractivity (Wildman–Crippen MR) is 87.9 cm³/mol. The highest BCUT2D eigenvalue weighted by molar-refractivity contribution is 5.46. The van der Waals surface area contributed by atoms with Gasteiger partial charge in [0.05, 0.1) is 6.61 Å². The molecule has 1 aliphatic carbocycles. The maximum atomic E-state index is 5.99. The van der Waals surface area contributed by atoms with E-state index < -0.39 is 0 Å². The number of benzene rings is 1. The summed E-state index contributed by atoms with van der Waals surface area (Å²) in [5, 5.41) is 3.85. The van der Waals surface area contributed by atoms with Gasteiger partial charge in [0.15, 0.2) is 0 Å². The molecule has 0 bridgehead atoms. The van der Waals surface area contributed by atoms with Crippen LogP contribution >= 0.6 is 0 Å². The van der Waals surface area contributed by atoms with Crippen molar-refractivity contribution in [3.05, 3.63) is 29.3 Å². The molecule has 21 heavy (non-hydrogen) atoms. The largest absolute Gasteiger partial charge is 0.493 e. The smallest absolute Gasteiger partial charge is 0.127 e. The molecule has 1 unspecified atom stereocenters. The number of hydrogen-bond donors (Lipinski definition) is 1. The molecule has 1 aromatic rings. The standard InChI is InChI=1S/C19H29NO/c1-3-13-20-18(19(2)11-5-4-6-12-19)16-9-7-8-15-10-14-21-17(15)16/h7-9,18,20H,3-6,10-14H2,1-2H3. The molecule has 1 N–H and O–H groups in total. The van der Waals surface area contributed by atoms with E-state index in [0.717, 1.165) is 19.6 Å². The van der Waals surface area contributed by atoms with E-state index >= 15 is 0 Å². The van der Waals surface area contributed by atoms with Crippen LogP contribution in [0.1, 0.15) is 69.5 Å². The maximum Gasteiger partial charge on any atom is 0.127 e. The predicted octanol–water partition coefficient (Wildman–Crippen LogP) is 4.63. The fourth-order valence-electron chi connectivity index (χ4n) is 4.14. The van der Waals surface area contributed by atoms with Crippen LogP contribution in [0.25, 0.3) is 0 Å². The second kappa shape index (κ2) is 6.39. The Bertz CT molecular complexity index is 476. The van der Waals surface area contributed by atoms with Crippen LogP contribution in [-0.2, 0) is 6.42 Å². The molecule has 1 fully saturated rings. The van der Waals surface area contributed by atoms with Crippen LogP contribution in [0.4, 0.5) is 0 Å². The van der Waals surface area contributed by atoms with Crippen LogP contribution in [-0.4, -0.2) is 13.2 Å². The summed E-state index contributed by atoms with van der Waals surface area (Å²) in [6, 6.07) is 7.17. The SMILES string of the molecule is CCCNC(c1cccc2c1OCC2)C1(C)CCCCC1. The van der Waals surface area contributed by atoms with Gasteiger partial charge < -0.3 is 10.1 Å². The van der Waals surface area contributed by atoms with Crippen LogP contribution < -0.4 is 10.1 Å². The zero-order valence-electron chi connectivity index (χ0n) is 13.6. The maximum absolute atomic E-state index is 5.99. The second-order valence-electron chi connectivity index (χ2n) is 7.04. The van der Waals surface area contributed by atoms with Crippen molar-refractivity contribution in [2.24, 2.45) is 5.41 Å². The molecule has 0 amide bonds. The molecule has 1 atom stereocenters. The minimum Gasteiger partial charge on any atom is -0.493 e. The monoisotopic (exact) mass is 287 g/mol. The Hall–Kier alpha value is -1.02. The van der Waals surface area contributed by atoms with Gasteiger partial charge in [-0.2, -0.15) is 0 Å². The first-order valence-corrected chi connectivity index (χ1v) is 8.72. The molecule has 1 saturated carbocycles. The highest BCUT2D eigenvalue weighted by Gasteiger charge is 2.38. The number of fused-ring (bicyclic) bond motifs is 1. The third-order valence-corrected chi connectivity index (χ3v) is 5.35. The van der Waals surface area contributed by atoms with Gasteiger partial charge in [-0.05, 0) is 36.8 Å². The fourth-order valence-corrected chi connectivity index (χ4v) is 4.14. The highest BCUT2D eigenvalue weighted by atomic mass is 16.5. The minimum absolute atomic E-state index is 0.370. The number of ether oxygens (including phenoxy) is 1. The molecule has 2 heteroatoms. The highest BCUT2D eigenvalue weighted by Crippen LogP contribution is 2.48. The summed E-state index contributed by atoms with van der Waals surface area (Å²) >= 11 is 0. The molecule has 3 rings (SSSR count). The molecule has 0 spiro atoms. The summed E-state index contributed by atoms with van der Waals surface area (Å²) in [6.45, 7) is 6.67. The third kappa shape index (κ3) is 2.96. The van der Waals surface area contributed by atoms with Crippen LogP contribution in [0.5, 0.6) is 5.75 Å². The lowest BCUT2D eigenvalue weighted by Crippen LogP contribution is -2.38. The van der Waals surface area contributed by atoms with E-state index in [-0.39, 0.29) is 0 Å². The summed E-state index contributed by atoms with van der Waals surface area (Å²) < 4.78 is 5.99. The second-order valence-corrected chi connectivity index (χ2v) is 7.04. The topological polar surface area (TPSA) is 21.3 Å². The van der Waals surface area contributed by atoms with E-state index in [0.29, 0.717) is 11.5 Å². The zero-order chi connectivity index (χ0) is 14.7. The lowest BCUT2D eigenvalue weighted by Gasteiger charge is -2.42. The average Bonchev–Trinajstić information content (AvgIpc) is 2.97. The Labute approximate surface area is 129 Å². The average molecular weight is 287 g/mol. The van der Waals surface area contributed by atoms with E-state index in [1.54, 1.807) is 0 Å². The summed E-state index contributed by atoms with van der Waals surface area (Å²) in [7, 11) is 0. The molecular formula is C19H29NO. The molecule has 0 aromatic heterocycles. The van der Waals surface area contributed by atoms with Crippen LogP contribution in [0.15, 0.2) is 18.2 Å². The van der Waals surface area contributed by atoms with Gasteiger partial charge in [0.1, 0.15) is 5.75 Å². The van der Waals surface area contributed by atoms with Crippen LogP contribution in [0, 0.1) is 5.41 Å². The quantitative estimate of drug-likeness (QED) is 0.852. The minimum atomic E-state index is 0.370. The summed E-state index contributed by atoms with van der Waals surface area (Å²) in [4.78, 5) is 0. The Morgan fingerprint density at radius 1 is 1.24 bits per heavy atom. The van der Waals surface area contributed by atoms with Gasteiger partial charge in [-0.25, -0.2) is 0 Å². The molecule has 0 saturated heterocycles. The Morgan fingerprint density at radius 2 is 2.05 bits per heavy atom. The van der Waals surface area contributed by atoms with Crippen molar-refractivity contribution in [1.82, 2.24) is 5.32 Å². The molecule has 116 valence electrons. The van der Waals surface area contributed by atoms with E-state index in [1.165, 1.54) is 55.4 Å². The molecule has 2 nitrogen and oxygen atoms in total. The number of nitrogens with one attached hydrogen (secondary N) is 1. The van der Waals surface area contributed by atoms with E-state index in [9.17, 15) is 0 Å². The summed E-state index contributed by atoms with van der Waals surface area (Å²) in [6.07, 6.45) is 9.06. The zero-order valence-corrected chi connectivity index (χ0v) is 13.6. The molecular weight excluding hydrogens is 258 g/mol. The lowest BCUT2D eigenvalue weighted by atomic mass is 9.68. The number of para-hydroxylation sites is 1. The van der Waals surface area contributed by atoms with Crippen molar-refractivity contribution < 1.29 is 4.74 Å². The van der Waals surface area contributed by atoms with Gasteiger partial charge in [0, 0.05) is 18.0 Å². The normalized spacial score (nSPS) is 21.6. The number of rotatable bonds is 5. The van der Waals surface area contributed by atoms with Gasteiger partial charge in [-0.3, -0.25) is 0 Å². The Morgan fingerprint density at radius 3 is 2.81 bits per heavy atom. The van der Waals surface area contributed by atoms with Crippen molar-refractivity contribution in [3.8, 4) is 5.75 Å². The Balaban J connectivity index is 1.94. The lowest BCUT2D eigenvalue weighted by molar-refractivity contribution is 0.142. The fraction of sp³-hybridized carbons (Fsp3) is 0.684. The van der Waals surface area contributed by atoms with E-state index in [2.05, 4.69) is 37.4 Å². The first-order valence-electron chi connectivity index (χ1n) is 8.72. The number of hydrogen-bond acceptors (Lipinski definition) is 2. The Kier molecular flexibility index (Phi) is 4.54. The van der Waals surface area contributed by atoms with Gasteiger partial charge in [0.2, 0.25) is 0 Å². The van der Waals surface area contributed by atoms with Crippen molar-refractivity contribution >= 4 is 0 Å². The van der Waals surface area contributed by atoms with E-state index in [1.807, 2.05) is 0 Å². The van der Waals surface area contributed by atoms with Crippen molar-refractivity contribution in [2.45, 2.75) is 64.8 Å². The van der Waals surface area contributed by atoms with Crippen molar-refractivity contribution in [3.63, 3.8) is 0 Å². The molecule has 1 aromatic carbocycles. The van der Waals surface area contributed by atoms with Crippen LogP contribution in [0.2, 0.25) is 0 Å². The van der Waals surface area contributed by atoms with E-state index in [4.69, 9.17) is 4.74 Å². The van der Waals surface area contributed by atoms with Crippen LogP contribution in [0.3, 0.4) is 0 Å². The molecule has 1 aliphatic heterocycles. The first-order chi connectivity index (χ1) is 10.2. The summed E-state index contributed by atoms with van der Waals surface area (Å²) in [5.74, 6) is 1.18. The third-order valence-electron chi connectivity index (χ3n) is 5.35. The first kappa shape index (κ1) is 14.9. The van der Waals surface area contributed by atoms with Gasteiger partial charge in [-0.1, -0.05) is 51.3 Å². The van der Waals surface area contributed by atoms with Crippen molar-refractivity contribution in [2.75, 3.05) is 13.2 Å². The van der Waals surface area contributed by atoms with Gasteiger partial charge in [0.25, 0.3) is 0 Å². The van der Waals surface area contributed by atoms with Gasteiger partial charge >= 0.3 is 0 Å². The molecule has 1 heterocycles. The van der Waals surface area contributed by atoms with Gasteiger partial charge in [-0.15, -0.1) is 0 Å².